The van der Waals surface area contributed by atoms with Crippen LogP contribution in [0, 0.1) is 12.8 Å². The number of carbonyl (C=O) groups excluding carboxylic acids is 2. The number of amides is 2. The SMILES string of the molecule is COc1ccc(C)c(N2CC(C(=O)Nc3ccc(-c4ccccc4NCC(=O)O)cc3)CC2=O)c1. The quantitative estimate of drug-likeness (QED) is 0.454. The van der Waals surface area contributed by atoms with E-state index in [2.05, 4.69) is 10.6 Å². The lowest BCUT2D eigenvalue weighted by Gasteiger charge is -2.20. The van der Waals surface area contributed by atoms with Crippen LogP contribution in [0.5, 0.6) is 5.75 Å². The maximum absolute atomic E-state index is 12.9. The number of anilines is 3. The largest absolute Gasteiger partial charge is 0.497 e. The fourth-order valence-corrected chi connectivity index (χ4v) is 4.16. The minimum absolute atomic E-state index is 0.0951. The van der Waals surface area contributed by atoms with Crippen molar-refractivity contribution in [3.05, 3.63) is 72.3 Å². The number of hydrogen-bond acceptors (Lipinski definition) is 5. The van der Waals surface area contributed by atoms with Crippen molar-refractivity contribution in [1.82, 2.24) is 0 Å². The maximum atomic E-state index is 12.9. The molecular weight excluding hydrogens is 446 g/mol. The number of carboxylic acids is 1. The molecule has 0 saturated carbocycles. The second-order valence-electron chi connectivity index (χ2n) is 8.42. The fraction of sp³-hybridized carbons (Fsp3) is 0.222. The molecule has 1 saturated heterocycles. The summed E-state index contributed by atoms with van der Waals surface area (Å²) in [5.74, 6) is -1.05. The molecule has 0 aliphatic carbocycles. The summed E-state index contributed by atoms with van der Waals surface area (Å²) in [5, 5.41) is 14.8. The molecule has 8 nitrogen and oxygen atoms in total. The number of ether oxygens (including phenoxy) is 1. The van der Waals surface area contributed by atoms with Gasteiger partial charge in [0.25, 0.3) is 0 Å². The molecule has 2 amide bonds. The Hall–Kier alpha value is -4.33. The standard InChI is InChI=1S/C27H27N3O5/c1-17-7-12-21(35-2)14-24(17)30-16-19(13-25(30)31)27(34)29-20-10-8-18(9-11-20)22-5-3-4-6-23(22)28-15-26(32)33/h3-12,14,19,28H,13,15-16H2,1-2H3,(H,29,34)(H,32,33). The van der Waals surface area contributed by atoms with Crippen LogP contribution in [0.3, 0.4) is 0 Å². The number of carbonyl (C=O) groups is 3. The van der Waals surface area contributed by atoms with Crippen LogP contribution in [-0.4, -0.2) is 43.1 Å². The predicted molar refractivity (Wildman–Crippen MR) is 135 cm³/mol. The highest BCUT2D eigenvalue weighted by atomic mass is 16.5. The van der Waals surface area contributed by atoms with E-state index in [0.29, 0.717) is 23.7 Å². The molecule has 1 aliphatic rings. The van der Waals surface area contributed by atoms with Crippen molar-refractivity contribution in [3.8, 4) is 16.9 Å². The van der Waals surface area contributed by atoms with Crippen LogP contribution in [0.25, 0.3) is 11.1 Å². The van der Waals surface area contributed by atoms with Crippen LogP contribution < -0.4 is 20.3 Å². The van der Waals surface area contributed by atoms with Gasteiger partial charge >= 0.3 is 5.97 Å². The molecule has 35 heavy (non-hydrogen) atoms. The van der Waals surface area contributed by atoms with Gasteiger partial charge in [-0.05, 0) is 42.3 Å². The number of nitrogens with zero attached hydrogens (tertiary/aromatic N) is 1. The number of nitrogens with one attached hydrogen (secondary N) is 2. The van der Waals surface area contributed by atoms with Gasteiger partial charge in [0.1, 0.15) is 12.3 Å². The van der Waals surface area contributed by atoms with E-state index >= 15 is 0 Å². The normalized spacial score (nSPS) is 15.1. The minimum atomic E-state index is -0.941. The van der Waals surface area contributed by atoms with Crippen LogP contribution in [-0.2, 0) is 14.4 Å². The van der Waals surface area contributed by atoms with Crippen molar-refractivity contribution in [2.24, 2.45) is 5.92 Å². The summed E-state index contributed by atoms with van der Waals surface area (Å²) in [6.07, 6.45) is 0.142. The Balaban J connectivity index is 1.43. The maximum Gasteiger partial charge on any atom is 0.322 e. The van der Waals surface area contributed by atoms with Gasteiger partial charge in [0.05, 0.1) is 18.7 Å². The molecule has 180 valence electrons. The zero-order valence-corrected chi connectivity index (χ0v) is 19.6. The van der Waals surface area contributed by atoms with Gasteiger partial charge in [-0.25, -0.2) is 0 Å². The van der Waals surface area contributed by atoms with Crippen LogP contribution in [0.2, 0.25) is 0 Å². The Morgan fingerprint density at radius 3 is 2.54 bits per heavy atom. The number of rotatable bonds is 8. The van der Waals surface area contributed by atoms with E-state index in [1.807, 2.05) is 61.5 Å². The van der Waals surface area contributed by atoms with Gasteiger partial charge in [-0.15, -0.1) is 0 Å². The van der Waals surface area contributed by atoms with Crippen molar-refractivity contribution in [2.75, 3.05) is 35.7 Å². The van der Waals surface area contributed by atoms with E-state index in [9.17, 15) is 14.4 Å². The molecule has 0 spiro atoms. The molecule has 0 bridgehead atoms. The number of para-hydroxylation sites is 1. The van der Waals surface area contributed by atoms with Crippen LogP contribution in [0.4, 0.5) is 17.1 Å². The highest BCUT2D eigenvalue weighted by molar-refractivity contribution is 6.04. The topological polar surface area (TPSA) is 108 Å². The average molecular weight is 474 g/mol. The van der Waals surface area contributed by atoms with Crippen LogP contribution >= 0.6 is 0 Å². The van der Waals surface area contributed by atoms with Crippen molar-refractivity contribution < 1.29 is 24.2 Å². The lowest BCUT2D eigenvalue weighted by Crippen LogP contribution is -2.28. The van der Waals surface area contributed by atoms with Crippen molar-refractivity contribution in [1.29, 1.82) is 0 Å². The van der Waals surface area contributed by atoms with Gasteiger partial charge in [-0.1, -0.05) is 36.4 Å². The van der Waals surface area contributed by atoms with E-state index < -0.39 is 11.9 Å². The van der Waals surface area contributed by atoms with Gasteiger partial charge in [0, 0.05) is 36.0 Å². The molecule has 1 aliphatic heterocycles. The molecule has 1 atom stereocenters. The highest BCUT2D eigenvalue weighted by Gasteiger charge is 2.35. The lowest BCUT2D eigenvalue weighted by atomic mass is 10.0. The Kier molecular flexibility index (Phi) is 7.01. The van der Waals surface area contributed by atoms with Gasteiger partial charge in [0.2, 0.25) is 11.8 Å². The molecule has 0 aromatic heterocycles. The zero-order chi connectivity index (χ0) is 24.9. The summed E-state index contributed by atoms with van der Waals surface area (Å²) in [6.45, 7) is 2.04. The first-order valence-electron chi connectivity index (χ1n) is 11.3. The van der Waals surface area contributed by atoms with Crippen molar-refractivity contribution >= 4 is 34.8 Å². The Bertz CT molecular complexity index is 1260. The molecule has 8 heteroatoms. The first-order valence-corrected chi connectivity index (χ1v) is 11.3. The summed E-state index contributed by atoms with van der Waals surface area (Å²) in [4.78, 5) is 38.2. The number of benzene rings is 3. The predicted octanol–water partition coefficient (Wildman–Crippen LogP) is 4.16. The molecule has 4 rings (SSSR count). The Morgan fingerprint density at radius 1 is 1.09 bits per heavy atom. The highest BCUT2D eigenvalue weighted by Crippen LogP contribution is 2.32. The summed E-state index contributed by atoms with van der Waals surface area (Å²) >= 11 is 0. The number of aryl methyl sites for hydroxylation is 1. The van der Waals surface area contributed by atoms with Crippen LogP contribution in [0.15, 0.2) is 66.7 Å². The third kappa shape index (κ3) is 5.43. The van der Waals surface area contributed by atoms with Gasteiger partial charge in [-0.2, -0.15) is 0 Å². The average Bonchev–Trinajstić information content (AvgIpc) is 3.25. The second-order valence-corrected chi connectivity index (χ2v) is 8.42. The fourth-order valence-electron chi connectivity index (χ4n) is 4.16. The minimum Gasteiger partial charge on any atom is -0.497 e. The number of hydrogen-bond donors (Lipinski definition) is 3. The number of methoxy groups -OCH3 is 1. The summed E-state index contributed by atoms with van der Waals surface area (Å²) in [5.41, 5.74) is 4.77. The summed E-state index contributed by atoms with van der Waals surface area (Å²) in [7, 11) is 1.58. The summed E-state index contributed by atoms with van der Waals surface area (Å²) in [6, 6.07) is 20.3. The molecule has 1 fully saturated rings. The molecule has 0 radical (unpaired) electrons. The summed E-state index contributed by atoms with van der Waals surface area (Å²) < 4.78 is 5.28. The van der Waals surface area contributed by atoms with Crippen molar-refractivity contribution in [3.63, 3.8) is 0 Å². The Morgan fingerprint density at radius 2 is 1.83 bits per heavy atom. The van der Waals surface area contributed by atoms with E-state index in [1.54, 1.807) is 24.1 Å². The van der Waals surface area contributed by atoms with Gasteiger partial charge in [-0.3, -0.25) is 14.4 Å². The third-order valence-electron chi connectivity index (χ3n) is 6.02. The zero-order valence-electron chi connectivity index (χ0n) is 19.6. The van der Waals surface area contributed by atoms with E-state index in [1.165, 1.54) is 0 Å². The molecule has 3 aromatic carbocycles. The van der Waals surface area contributed by atoms with Crippen molar-refractivity contribution in [2.45, 2.75) is 13.3 Å². The first-order chi connectivity index (χ1) is 16.9. The third-order valence-corrected chi connectivity index (χ3v) is 6.02. The smallest absolute Gasteiger partial charge is 0.322 e. The van der Waals surface area contributed by atoms with E-state index in [-0.39, 0.29) is 24.8 Å². The lowest BCUT2D eigenvalue weighted by molar-refractivity contribution is -0.135. The molecule has 3 N–H and O–H groups in total. The number of carboxylic acid groups (broad SMARTS) is 1. The monoisotopic (exact) mass is 473 g/mol. The molecule has 1 heterocycles. The number of aliphatic carboxylic acids is 1. The molecular formula is C27H27N3O5. The van der Waals surface area contributed by atoms with E-state index in [4.69, 9.17) is 9.84 Å². The Labute approximate surface area is 203 Å². The first kappa shape index (κ1) is 23.8. The second kappa shape index (κ2) is 10.3. The molecule has 3 aromatic rings. The van der Waals surface area contributed by atoms with E-state index in [0.717, 1.165) is 22.4 Å². The van der Waals surface area contributed by atoms with Crippen LogP contribution in [0.1, 0.15) is 12.0 Å². The van der Waals surface area contributed by atoms with Gasteiger partial charge in [0.15, 0.2) is 0 Å². The van der Waals surface area contributed by atoms with Gasteiger partial charge < -0.3 is 25.4 Å². The molecule has 1 unspecified atom stereocenters.